The Morgan fingerprint density at radius 3 is 3.05 bits per heavy atom. The van der Waals surface area contributed by atoms with Crippen LogP contribution in [0.1, 0.15) is 11.1 Å². The molecule has 3 aromatic rings. The molecule has 2 N–H and O–H groups in total. The maximum absolute atomic E-state index is 5.48. The van der Waals surface area contributed by atoms with Crippen LogP contribution in [0, 0.1) is 0 Å². The summed E-state index contributed by atoms with van der Waals surface area (Å²) in [4.78, 5) is 16.0. The molecule has 1 aliphatic heterocycles. The van der Waals surface area contributed by atoms with E-state index in [-0.39, 0.29) is 0 Å². The Labute approximate surface area is 134 Å². The number of methoxy groups -OCH3 is 1. The summed E-state index contributed by atoms with van der Waals surface area (Å²) >= 11 is 3.42. The number of aliphatic imine (C=N–C) groups is 1. The van der Waals surface area contributed by atoms with Gasteiger partial charge in [0.05, 0.1) is 29.3 Å². The molecule has 7 heteroatoms. The summed E-state index contributed by atoms with van der Waals surface area (Å²) in [6.07, 6.45) is 3.40. The van der Waals surface area contributed by atoms with Gasteiger partial charge in [0.1, 0.15) is 23.5 Å². The van der Waals surface area contributed by atoms with Crippen LogP contribution >= 0.6 is 15.9 Å². The Bertz CT molecular complexity index is 902. The van der Waals surface area contributed by atoms with Crippen molar-refractivity contribution in [2.75, 3.05) is 12.4 Å². The van der Waals surface area contributed by atoms with Crippen molar-refractivity contribution < 1.29 is 4.74 Å². The van der Waals surface area contributed by atoms with Crippen LogP contribution in [0.3, 0.4) is 0 Å². The van der Waals surface area contributed by atoms with E-state index in [0.29, 0.717) is 6.54 Å². The zero-order valence-corrected chi connectivity index (χ0v) is 13.3. The van der Waals surface area contributed by atoms with Crippen LogP contribution in [0.25, 0.3) is 11.0 Å². The molecular formula is C15H12BrN5O. The van der Waals surface area contributed by atoms with E-state index in [1.165, 1.54) is 11.9 Å². The number of fused-ring (bicyclic) bond motifs is 2. The number of halogens is 1. The van der Waals surface area contributed by atoms with E-state index < -0.39 is 0 Å². The zero-order valence-electron chi connectivity index (χ0n) is 11.7. The molecule has 0 atom stereocenters. The van der Waals surface area contributed by atoms with Crippen molar-refractivity contribution in [2.24, 2.45) is 4.99 Å². The molecule has 3 heterocycles. The average Bonchev–Trinajstić information content (AvgIpc) is 3.11. The maximum Gasteiger partial charge on any atom is 0.143 e. The molecule has 22 heavy (non-hydrogen) atoms. The molecule has 0 bridgehead atoms. The summed E-state index contributed by atoms with van der Waals surface area (Å²) in [7, 11) is 1.66. The lowest BCUT2D eigenvalue weighted by molar-refractivity contribution is 0.416. The van der Waals surface area contributed by atoms with E-state index in [4.69, 9.17) is 4.74 Å². The molecule has 0 spiro atoms. The highest BCUT2D eigenvalue weighted by Crippen LogP contribution is 2.34. The highest BCUT2D eigenvalue weighted by atomic mass is 79.9. The summed E-state index contributed by atoms with van der Waals surface area (Å²) in [6.45, 7) is 0.703. The van der Waals surface area contributed by atoms with E-state index in [9.17, 15) is 0 Å². The van der Waals surface area contributed by atoms with E-state index >= 15 is 0 Å². The summed E-state index contributed by atoms with van der Waals surface area (Å²) in [5.74, 6) is 1.49. The number of nitrogens with one attached hydrogen (secondary N) is 2. The molecule has 0 fully saturated rings. The molecule has 1 aromatic carbocycles. The molecule has 1 aliphatic rings. The standard InChI is InChI=1S/C15H12BrN5O/c1-22-12-3-9-6-17-5-8(9)2-11(12)20-14-10-4-13(16)21-15(10)19-7-18-14/h2-5,7H,6H2,1H3,(H2,18,19,20,21). The number of rotatable bonds is 3. The highest BCUT2D eigenvalue weighted by molar-refractivity contribution is 9.10. The number of H-pyrrole nitrogens is 1. The minimum absolute atomic E-state index is 0.703. The molecule has 0 saturated heterocycles. The fraction of sp³-hybridized carbons (Fsp3) is 0.133. The molecule has 0 unspecified atom stereocenters. The summed E-state index contributed by atoms with van der Waals surface area (Å²) in [6, 6.07) is 5.98. The first kappa shape index (κ1) is 13.3. The monoisotopic (exact) mass is 357 g/mol. The molecule has 0 saturated carbocycles. The summed E-state index contributed by atoms with van der Waals surface area (Å²) in [5.41, 5.74) is 3.89. The molecule has 2 aromatic heterocycles. The molecule has 0 amide bonds. The second kappa shape index (κ2) is 5.10. The second-order valence-corrected chi connectivity index (χ2v) is 5.80. The van der Waals surface area contributed by atoms with Gasteiger partial charge in [0.2, 0.25) is 0 Å². The third-order valence-corrected chi connectivity index (χ3v) is 4.03. The first-order valence-corrected chi connectivity index (χ1v) is 7.51. The summed E-state index contributed by atoms with van der Waals surface area (Å²) < 4.78 is 6.34. The molecule has 4 rings (SSSR count). The fourth-order valence-corrected chi connectivity index (χ4v) is 2.96. The van der Waals surface area contributed by atoms with Gasteiger partial charge < -0.3 is 15.0 Å². The van der Waals surface area contributed by atoms with E-state index in [0.717, 1.165) is 38.5 Å². The van der Waals surface area contributed by atoms with E-state index in [2.05, 4.69) is 41.2 Å². The first-order valence-electron chi connectivity index (χ1n) is 6.71. The quantitative estimate of drug-likeness (QED) is 0.753. The SMILES string of the molecule is COc1cc2c(cc1Nc1ncnc3[nH]c(Br)cc13)C=NC2. The summed E-state index contributed by atoms with van der Waals surface area (Å²) in [5, 5.41) is 4.24. The highest BCUT2D eigenvalue weighted by Gasteiger charge is 2.14. The topological polar surface area (TPSA) is 75.2 Å². The third-order valence-electron chi connectivity index (χ3n) is 3.60. The van der Waals surface area contributed by atoms with Gasteiger partial charge in [-0.25, -0.2) is 9.97 Å². The Kier molecular flexibility index (Phi) is 3.07. The van der Waals surface area contributed by atoms with Crippen LogP contribution in [0.15, 0.2) is 34.1 Å². The fourth-order valence-electron chi connectivity index (χ4n) is 2.54. The average molecular weight is 358 g/mol. The first-order chi connectivity index (χ1) is 10.7. The van der Waals surface area contributed by atoms with Crippen molar-refractivity contribution in [3.05, 3.63) is 40.3 Å². The molecule has 6 nitrogen and oxygen atoms in total. The number of nitrogens with zero attached hydrogens (tertiary/aromatic N) is 3. The Morgan fingerprint density at radius 1 is 1.27 bits per heavy atom. The minimum Gasteiger partial charge on any atom is -0.495 e. The predicted octanol–water partition coefficient (Wildman–Crippen LogP) is 3.41. The van der Waals surface area contributed by atoms with Gasteiger partial charge in [0.15, 0.2) is 0 Å². The van der Waals surface area contributed by atoms with E-state index in [1.54, 1.807) is 7.11 Å². The third kappa shape index (κ3) is 2.14. The largest absolute Gasteiger partial charge is 0.495 e. The van der Waals surface area contributed by atoms with E-state index in [1.807, 2.05) is 24.4 Å². The molecular weight excluding hydrogens is 346 g/mol. The van der Waals surface area contributed by atoms with Crippen LogP contribution < -0.4 is 10.1 Å². The molecule has 110 valence electrons. The Hall–Kier alpha value is -2.41. The van der Waals surface area contributed by atoms with Gasteiger partial charge >= 0.3 is 0 Å². The van der Waals surface area contributed by atoms with Crippen LogP contribution in [0.4, 0.5) is 11.5 Å². The van der Waals surface area contributed by atoms with Crippen LogP contribution in [0.5, 0.6) is 5.75 Å². The molecule has 0 radical (unpaired) electrons. The van der Waals surface area contributed by atoms with Crippen molar-refractivity contribution in [1.29, 1.82) is 0 Å². The number of aromatic amines is 1. The second-order valence-electron chi connectivity index (χ2n) is 4.95. The number of aromatic nitrogens is 3. The van der Waals surface area contributed by atoms with Crippen molar-refractivity contribution in [2.45, 2.75) is 6.54 Å². The number of benzene rings is 1. The van der Waals surface area contributed by atoms with Gasteiger partial charge in [-0.2, -0.15) is 0 Å². The van der Waals surface area contributed by atoms with Gasteiger partial charge in [-0.15, -0.1) is 0 Å². The number of hydrogen-bond donors (Lipinski definition) is 2. The maximum atomic E-state index is 5.48. The Morgan fingerprint density at radius 2 is 2.18 bits per heavy atom. The zero-order chi connectivity index (χ0) is 15.1. The van der Waals surface area contributed by atoms with Crippen LogP contribution in [-0.2, 0) is 6.54 Å². The number of hydrogen-bond acceptors (Lipinski definition) is 5. The number of anilines is 2. The van der Waals surface area contributed by atoms with Crippen molar-refractivity contribution in [1.82, 2.24) is 15.0 Å². The molecule has 0 aliphatic carbocycles. The van der Waals surface area contributed by atoms with Gasteiger partial charge in [-0.05, 0) is 45.3 Å². The van der Waals surface area contributed by atoms with Crippen molar-refractivity contribution in [3.8, 4) is 5.75 Å². The van der Waals surface area contributed by atoms with Crippen LogP contribution in [0.2, 0.25) is 0 Å². The van der Waals surface area contributed by atoms with Gasteiger partial charge in [0.25, 0.3) is 0 Å². The lowest BCUT2D eigenvalue weighted by Gasteiger charge is -2.13. The van der Waals surface area contributed by atoms with Crippen molar-refractivity contribution >= 4 is 44.7 Å². The smallest absolute Gasteiger partial charge is 0.143 e. The van der Waals surface area contributed by atoms with Gasteiger partial charge in [-0.1, -0.05) is 0 Å². The minimum atomic E-state index is 0.703. The lowest BCUT2D eigenvalue weighted by atomic mass is 10.1. The number of ether oxygens (including phenoxy) is 1. The van der Waals surface area contributed by atoms with Gasteiger partial charge in [0, 0.05) is 6.21 Å². The Balaban J connectivity index is 1.80. The normalized spacial score (nSPS) is 12.6. The van der Waals surface area contributed by atoms with Crippen molar-refractivity contribution in [3.63, 3.8) is 0 Å². The predicted molar refractivity (Wildman–Crippen MR) is 89.2 cm³/mol. The van der Waals surface area contributed by atoms with Crippen LogP contribution in [-0.4, -0.2) is 28.3 Å². The lowest BCUT2D eigenvalue weighted by Crippen LogP contribution is -2.00. The van der Waals surface area contributed by atoms with Gasteiger partial charge in [-0.3, -0.25) is 4.99 Å².